The minimum absolute atomic E-state index is 0. The minimum Gasteiger partial charge on any atom is -0.822 e. The molecule has 0 aliphatic rings. The van der Waals surface area contributed by atoms with Crippen LogP contribution in [0.4, 0.5) is 0 Å². The van der Waals surface area contributed by atoms with E-state index in [0.717, 1.165) is 0 Å². The van der Waals surface area contributed by atoms with Crippen molar-refractivity contribution in [2.45, 2.75) is 0 Å². The van der Waals surface area contributed by atoms with Crippen molar-refractivity contribution in [2.24, 2.45) is 0 Å². The van der Waals surface area contributed by atoms with Gasteiger partial charge in [-0.15, -0.1) is 0 Å². The van der Waals surface area contributed by atoms with Gasteiger partial charge in [-0.2, -0.15) is 15.6 Å². The summed E-state index contributed by atoms with van der Waals surface area (Å²) in [5.74, 6) is 0. The second-order valence-corrected chi connectivity index (χ2v) is 4.16. The third-order valence-electron chi connectivity index (χ3n) is 0. The Bertz CT molecular complexity index is 213. The zero-order valence-corrected chi connectivity index (χ0v) is 15.1. The molecule has 0 spiro atoms. The largest absolute Gasteiger partial charge is 3.00 e. The average Bonchev–Trinajstić information content (AvgIpc) is 1.41. The molecule has 0 aliphatic heterocycles. The predicted octanol–water partition coefficient (Wildman–Crippen LogP) is -7.97. The second-order valence-electron chi connectivity index (χ2n) is 1.39. The van der Waals surface area contributed by atoms with Gasteiger partial charge < -0.3 is 53.2 Å². The van der Waals surface area contributed by atoms with Crippen LogP contribution in [0, 0.1) is 0 Å². The third-order valence-corrected chi connectivity index (χ3v) is 0. The molecule has 18 heteroatoms. The normalized spacial score (nSPS) is 9.83. The summed E-state index contributed by atoms with van der Waals surface area (Å²) in [6, 6.07) is 0. The molecule has 0 bridgehead atoms. The van der Waals surface area contributed by atoms with E-state index in [1.807, 2.05) is 0 Å². The molecule has 0 heterocycles. The third kappa shape index (κ3) is 831. The van der Waals surface area contributed by atoms with Gasteiger partial charge in [0.05, 0.1) is 0 Å². The van der Waals surface area contributed by atoms with E-state index in [9.17, 15) is 0 Å². The van der Waals surface area contributed by atoms with Gasteiger partial charge in [0.1, 0.15) is 0 Å². The van der Waals surface area contributed by atoms with Crippen molar-refractivity contribution in [3.8, 4) is 0 Å². The average molecular weight is 410 g/mol. The molecule has 0 saturated carbocycles. The molecule has 0 unspecified atom stereocenters. The van der Waals surface area contributed by atoms with Crippen LogP contribution in [0.25, 0.3) is 0 Å². The number of phosphoric acid groups is 3. The molecule has 0 atom stereocenters. The maximum Gasteiger partial charge on any atom is 3.00 e. The number of rotatable bonds is 0. The van der Waals surface area contributed by atoms with E-state index in [1.165, 1.54) is 0 Å². The van der Waals surface area contributed by atoms with Gasteiger partial charge in [-0.25, -0.2) is 0 Å². The van der Waals surface area contributed by atoms with Gasteiger partial charge in [0.25, 0.3) is 7.82 Å². The van der Waals surface area contributed by atoms with Crippen LogP contribution < -0.4 is 34.3 Å². The molecule has 0 rings (SSSR count). The van der Waals surface area contributed by atoms with Gasteiger partial charge in [-0.3, -0.25) is 4.57 Å². The van der Waals surface area contributed by atoms with Crippen molar-refractivity contribution < 1.29 is 74.8 Å². The van der Waals surface area contributed by atoms with Crippen LogP contribution in [-0.4, -0.2) is 64.9 Å². The SMILES string of the molecule is O=P([O-])(O)O.O=P([O-])([O-])[O-].O=P([O-])([O-])[O-].[Al+3].[Ca+2].[Fe+2]. The molecule has 0 saturated heterocycles. The van der Waals surface area contributed by atoms with Gasteiger partial charge in [-0.1, -0.05) is 0 Å². The first-order valence-electron chi connectivity index (χ1n) is 2.23. The number of hydrogen-bond acceptors (Lipinski definition) is 10. The molecule has 0 aliphatic carbocycles. The molecular weight excluding hydrogens is 408 g/mol. The Kier molecular flexibility index (Phi) is 33.1. The summed E-state index contributed by atoms with van der Waals surface area (Å²) in [6.45, 7) is 0. The monoisotopic (exact) mass is 410 g/mol. The van der Waals surface area contributed by atoms with E-state index >= 15 is 0 Å². The fourth-order valence-electron chi connectivity index (χ4n) is 0. The zero-order chi connectivity index (χ0) is 13.5. The molecule has 0 aromatic heterocycles. The van der Waals surface area contributed by atoms with E-state index in [4.69, 9.17) is 57.7 Å². The maximum absolute atomic E-state index is 8.77. The smallest absolute Gasteiger partial charge is 0.822 e. The summed E-state index contributed by atoms with van der Waals surface area (Å²) in [5, 5.41) is 0. The van der Waals surface area contributed by atoms with Crippen LogP contribution in [0.15, 0.2) is 0 Å². The Morgan fingerprint density at radius 2 is 0.667 bits per heavy atom. The summed E-state index contributed by atoms with van der Waals surface area (Å²) < 4.78 is 25.9. The summed E-state index contributed by atoms with van der Waals surface area (Å²) in [5.41, 5.74) is 0. The maximum atomic E-state index is 8.77. The van der Waals surface area contributed by atoms with Crippen LogP contribution in [0.5, 0.6) is 0 Å². The van der Waals surface area contributed by atoms with Crippen molar-refractivity contribution in [3.05, 3.63) is 0 Å². The van der Waals surface area contributed by atoms with Gasteiger partial charge >= 0.3 is 72.2 Å². The van der Waals surface area contributed by atoms with Crippen molar-refractivity contribution in [3.63, 3.8) is 0 Å². The predicted molar refractivity (Wildman–Crippen MR) is 38.8 cm³/mol. The van der Waals surface area contributed by atoms with E-state index in [0.29, 0.717) is 0 Å². The standard InChI is InChI=1S/Al.Ca.Fe.3H3O4P/c;;;3*1-5(2,3)4/h;;;3*(H3,1,2,3,4)/q+3;2*+2;;;/p-7. The second kappa shape index (κ2) is 16.0. The fourth-order valence-corrected chi connectivity index (χ4v) is 0. The molecule has 0 amide bonds. The summed E-state index contributed by atoms with van der Waals surface area (Å²) in [7, 11) is -15.7. The molecule has 2 N–H and O–H groups in total. The summed E-state index contributed by atoms with van der Waals surface area (Å²) >= 11 is 0. The minimum atomic E-state index is -5.39. The van der Waals surface area contributed by atoms with Crippen LogP contribution in [0.2, 0.25) is 0 Å². The summed E-state index contributed by atoms with van der Waals surface area (Å²) in [6.07, 6.45) is 0. The molecule has 0 aromatic carbocycles. The van der Waals surface area contributed by atoms with Gasteiger partial charge in [0, 0.05) is 0 Å². The van der Waals surface area contributed by atoms with Crippen molar-refractivity contribution in [1.82, 2.24) is 0 Å². The summed E-state index contributed by atoms with van der Waals surface area (Å²) in [4.78, 5) is 74.2. The van der Waals surface area contributed by atoms with E-state index in [-0.39, 0.29) is 72.2 Å². The van der Waals surface area contributed by atoms with Crippen LogP contribution >= 0.6 is 23.5 Å². The van der Waals surface area contributed by atoms with Gasteiger partial charge in [0.15, 0.2) is 0 Å². The zero-order valence-electron chi connectivity index (χ0n) is 7.96. The first-order chi connectivity index (χ1) is 6.00. The Labute approximate surface area is 152 Å². The van der Waals surface area contributed by atoms with Crippen LogP contribution in [-0.2, 0) is 30.8 Å². The first kappa shape index (κ1) is 37.1. The number of hydrogen-bond donors (Lipinski definition) is 2. The first-order valence-corrected chi connectivity index (χ1v) is 6.68. The van der Waals surface area contributed by atoms with Gasteiger partial charge in [-0.05, 0) is 0 Å². The molecule has 0 fully saturated rings. The Morgan fingerprint density at radius 3 is 0.667 bits per heavy atom. The Morgan fingerprint density at radius 1 is 0.667 bits per heavy atom. The molecule has 102 valence electrons. The van der Waals surface area contributed by atoms with Gasteiger partial charge in [0.2, 0.25) is 0 Å². The quantitative estimate of drug-likeness (QED) is 0.279. The Balaban J connectivity index is -0.0000000277. The molecular formula is H2AlCaFeO12P3. The van der Waals surface area contributed by atoms with Crippen molar-refractivity contribution in [2.75, 3.05) is 0 Å². The van der Waals surface area contributed by atoms with E-state index < -0.39 is 23.5 Å². The topological polar surface area (TPSA) is 253 Å². The van der Waals surface area contributed by atoms with E-state index in [1.54, 1.807) is 0 Å². The molecule has 18 heavy (non-hydrogen) atoms. The van der Waals surface area contributed by atoms with Crippen molar-refractivity contribution >= 4 is 78.6 Å². The molecule has 12 nitrogen and oxygen atoms in total. The molecule has 0 radical (unpaired) electrons. The van der Waals surface area contributed by atoms with Crippen LogP contribution in [0.1, 0.15) is 0 Å². The van der Waals surface area contributed by atoms with Crippen LogP contribution in [0.3, 0.4) is 0 Å². The van der Waals surface area contributed by atoms with E-state index in [2.05, 4.69) is 0 Å². The molecule has 0 aromatic rings. The fraction of sp³-hybridized carbons (Fsp3) is 0. The van der Waals surface area contributed by atoms with Crippen molar-refractivity contribution in [1.29, 1.82) is 0 Å². The Hall–Kier alpha value is 2.64.